The van der Waals surface area contributed by atoms with Crippen LogP contribution in [-0.2, 0) is 11.8 Å². The van der Waals surface area contributed by atoms with E-state index in [9.17, 15) is 4.79 Å². The summed E-state index contributed by atoms with van der Waals surface area (Å²) in [6.07, 6.45) is 1.68. The molecule has 27 heavy (non-hydrogen) atoms. The quantitative estimate of drug-likeness (QED) is 0.551. The molecule has 0 amide bonds. The number of aromatic nitrogens is 2. The summed E-state index contributed by atoms with van der Waals surface area (Å²) in [5.74, 6) is 6.11. The first-order valence-electron chi connectivity index (χ1n) is 9.28. The second-order valence-corrected chi connectivity index (χ2v) is 7.53. The van der Waals surface area contributed by atoms with E-state index in [0.717, 1.165) is 40.9 Å². The van der Waals surface area contributed by atoms with Gasteiger partial charge < -0.3 is 0 Å². The minimum Gasteiger partial charge on any atom is -0.293 e. The zero-order chi connectivity index (χ0) is 19.2. The average molecular weight is 360 g/mol. The van der Waals surface area contributed by atoms with E-state index in [1.165, 1.54) is 5.56 Å². The van der Waals surface area contributed by atoms with Crippen molar-refractivity contribution in [3.05, 3.63) is 75.6 Å². The number of hydrogen-bond acceptors (Lipinski definition) is 4. The monoisotopic (exact) mass is 360 g/mol. The molecule has 1 atom stereocenters. The second-order valence-electron chi connectivity index (χ2n) is 7.53. The molecule has 0 radical (unpaired) electrons. The number of aryl methyl sites for hydroxylation is 1. The molecule has 0 aliphatic heterocycles. The third-order valence-corrected chi connectivity index (χ3v) is 5.74. The van der Waals surface area contributed by atoms with Crippen LogP contribution in [0.25, 0.3) is 16.9 Å². The Kier molecular flexibility index (Phi) is 4.12. The lowest BCUT2D eigenvalue weighted by Crippen LogP contribution is -2.40. The zero-order valence-corrected chi connectivity index (χ0v) is 15.9. The Balaban J connectivity index is 2.08. The number of fused-ring (bicyclic) bond motifs is 3. The van der Waals surface area contributed by atoms with Crippen LogP contribution >= 0.6 is 0 Å². The smallest absolute Gasteiger partial charge is 0.263 e. The van der Waals surface area contributed by atoms with Crippen LogP contribution in [0.15, 0.2) is 53.3 Å². The highest BCUT2D eigenvalue weighted by Gasteiger charge is 2.38. The molecule has 4 rings (SSSR count). The first-order valence-corrected chi connectivity index (χ1v) is 9.28. The average Bonchev–Trinajstić information content (AvgIpc) is 2.68. The van der Waals surface area contributed by atoms with Gasteiger partial charge in [0.15, 0.2) is 0 Å². The predicted molar refractivity (Wildman–Crippen MR) is 109 cm³/mol. The maximum absolute atomic E-state index is 13.7. The summed E-state index contributed by atoms with van der Waals surface area (Å²) in [5, 5.41) is 0. The molecule has 5 nitrogen and oxygen atoms in total. The van der Waals surface area contributed by atoms with Crippen molar-refractivity contribution in [3.63, 3.8) is 0 Å². The van der Waals surface area contributed by atoms with Gasteiger partial charge >= 0.3 is 0 Å². The standard InChI is InChI=1S/C22H24N4O/c1-4-22(3)13-15-7-5-6-8-17(15)19-18(22)20(27)26(21(24-19)25-23)16-11-9-14(2)10-12-16/h5-12H,4,13,23H2,1-3H3,(H,24,25)/t22-/m1/s1. The first-order chi connectivity index (χ1) is 13.0. The third kappa shape index (κ3) is 2.66. The lowest BCUT2D eigenvalue weighted by molar-refractivity contribution is 0.439. The molecule has 3 aromatic rings. The molecule has 1 aliphatic carbocycles. The number of hydrogen-bond donors (Lipinski definition) is 2. The van der Waals surface area contributed by atoms with Crippen molar-refractivity contribution < 1.29 is 0 Å². The Morgan fingerprint density at radius 1 is 1.19 bits per heavy atom. The van der Waals surface area contributed by atoms with Crippen molar-refractivity contribution in [2.75, 3.05) is 5.43 Å². The van der Waals surface area contributed by atoms with Gasteiger partial charge in [0.1, 0.15) is 0 Å². The van der Waals surface area contributed by atoms with E-state index in [2.05, 4.69) is 25.3 Å². The van der Waals surface area contributed by atoms with Crippen LogP contribution in [0.2, 0.25) is 0 Å². The minimum absolute atomic E-state index is 0.0596. The number of anilines is 1. The normalized spacial score (nSPS) is 17.9. The van der Waals surface area contributed by atoms with Crippen molar-refractivity contribution >= 4 is 5.95 Å². The molecule has 2 aromatic carbocycles. The molecule has 3 N–H and O–H groups in total. The lowest BCUT2D eigenvalue weighted by Gasteiger charge is -2.35. The Morgan fingerprint density at radius 2 is 1.89 bits per heavy atom. The minimum atomic E-state index is -0.270. The van der Waals surface area contributed by atoms with Gasteiger partial charge in [0, 0.05) is 11.0 Å². The van der Waals surface area contributed by atoms with E-state index in [1.54, 1.807) is 4.57 Å². The summed E-state index contributed by atoms with van der Waals surface area (Å²) < 4.78 is 1.58. The van der Waals surface area contributed by atoms with Crippen LogP contribution < -0.4 is 16.8 Å². The maximum atomic E-state index is 13.7. The molecular formula is C22H24N4O. The van der Waals surface area contributed by atoms with Crippen molar-refractivity contribution in [2.24, 2.45) is 5.84 Å². The number of nitrogen functional groups attached to an aromatic ring is 1. The molecule has 0 unspecified atom stereocenters. The van der Waals surface area contributed by atoms with Crippen molar-refractivity contribution in [1.29, 1.82) is 0 Å². The largest absolute Gasteiger partial charge is 0.293 e. The Bertz CT molecular complexity index is 1070. The van der Waals surface area contributed by atoms with Gasteiger partial charge in [0.25, 0.3) is 5.56 Å². The molecule has 0 saturated heterocycles. The third-order valence-electron chi connectivity index (χ3n) is 5.74. The van der Waals surface area contributed by atoms with Gasteiger partial charge in [-0.2, -0.15) is 0 Å². The number of benzene rings is 2. The fourth-order valence-corrected chi connectivity index (χ4v) is 4.01. The molecule has 1 heterocycles. The topological polar surface area (TPSA) is 72.9 Å². The number of nitrogens with zero attached hydrogens (tertiary/aromatic N) is 2. The number of rotatable bonds is 3. The number of hydrazine groups is 1. The van der Waals surface area contributed by atoms with Gasteiger partial charge in [-0.15, -0.1) is 0 Å². The maximum Gasteiger partial charge on any atom is 0.263 e. The Morgan fingerprint density at radius 3 is 2.56 bits per heavy atom. The highest BCUT2D eigenvalue weighted by Crippen LogP contribution is 2.42. The second kappa shape index (κ2) is 6.35. The molecule has 0 bridgehead atoms. The van der Waals surface area contributed by atoms with E-state index in [4.69, 9.17) is 10.8 Å². The van der Waals surface area contributed by atoms with Crippen LogP contribution in [-0.4, -0.2) is 9.55 Å². The van der Waals surface area contributed by atoms with Gasteiger partial charge in [0.2, 0.25) is 5.95 Å². The summed E-state index contributed by atoms with van der Waals surface area (Å²) in [5.41, 5.74) is 7.93. The molecule has 1 aliphatic rings. The van der Waals surface area contributed by atoms with Crippen LogP contribution in [0.1, 0.15) is 37.0 Å². The zero-order valence-electron chi connectivity index (χ0n) is 15.9. The summed E-state index contributed by atoms with van der Waals surface area (Å²) in [6.45, 7) is 6.30. The highest BCUT2D eigenvalue weighted by molar-refractivity contribution is 5.72. The molecule has 5 heteroatoms. The fraction of sp³-hybridized carbons (Fsp3) is 0.273. The van der Waals surface area contributed by atoms with E-state index in [-0.39, 0.29) is 11.0 Å². The van der Waals surface area contributed by atoms with Crippen molar-refractivity contribution in [3.8, 4) is 16.9 Å². The molecule has 1 aromatic heterocycles. The van der Waals surface area contributed by atoms with E-state index in [1.807, 2.05) is 49.4 Å². The lowest BCUT2D eigenvalue weighted by atomic mass is 9.69. The molecule has 0 fully saturated rings. The summed E-state index contributed by atoms with van der Waals surface area (Å²) in [6, 6.07) is 16.0. The van der Waals surface area contributed by atoms with Crippen LogP contribution in [0.5, 0.6) is 0 Å². The number of nitrogens with one attached hydrogen (secondary N) is 1. The van der Waals surface area contributed by atoms with Crippen LogP contribution in [0, 0.1) is 6.92 Å². The van der Waals surface area contributed by atoms with Gasteiger partial charge in [-0.3, -0.25) is 10.2 Å². The Labute approximate surface area is 158 Å². The molecule has 0 spiro atoms. The van der Waals surface area contributed by atoms with Crippen LogP contribution in [0.4, 0.5) is 5.95 Å². The van der Waals surface area contributed by atoms with Crippen molar-refractivity contribution in [2.45, 2.75) is 39.0 Å². The van der Waals surface area contributed by atoms with E-state index < -0.39 is 0 Å². The highest BCUT2D eigenvalue weighted by atomic mass is 16.1. The molecular weight excluding hydrogens is 336 g/mol. The van der Waals surface area contributed by atoms with Crippen LogP contribution in [0.3, 0.4) is 0 Å². The number of nitrogens with two attached hydrogens (primary N) is 1. The van der Waals surface area contributed by atoms with Gasteiger partial charge in [0.05, 0.1) is 16.9 Å². The van der Waals surface area contributed by atoms with Gasteiger partial charge in [-0.25, -0.2) is 15.4 Å². The van der Waals surface area contributed by atoms with Gasteiger partial charge in [-0.05, 0) is 37.5 Å². The first kappa shape index (κ1) is 17.5. The van der Waals surface area contributed by atoms with E-state index in [0.29, 0.717) is 5.95 Å². The molecule has 138 valence electrons. The summed E-state index contributed by atoms with van der Waals surface area (Å²) in [7, 11) is 0. The predicted octanol–water partition coefficient (Wildman–Crippen LogP) is 3.72. The fourth-order valence-electron chi connectivity index (χ4n) is 4.01. The Hall–Kier alpha value is -2.92. The van der Waals surface area contributed by atoms with E-state index >= 15 is 0 Å². The van der Waals surface area contributed by atoms with Crippen molar-refractivity contribution in [1.82, 2.24) is 9.55 Å². The van der Waals surface area contributed by atoms with Gasteiger partial charge in [-0.1, -0.05) is 55.8 Å². The molecule has 0 saturated carbocycles. The SMILES string of the molecule is CC[C@]1(C)Cc2ccccc2-c2nc(NN)n(-c3ccc(C)cc3)c(=O)c21. The summed E-state index contributed by atoms with van der Waals surface area (Å²) >= 11 is 0. The summed E-state index contributed by atoms with van der Waals surface area (Å²) in [4.78, 5) is 18.5.